The predicted molar refractivity (Wildman–Crippen MR) is 76.6 cm³/mol. The second-order valence-corrected chi connectivity index (χ2v) is 5.76. The lowest BCUT2D eigenvalue weighted by molar-refractivity contribution is 0.0425. The van der Waals surface area contributed by atoms with Gasteiger partial charge >= 0.3 is 0 Å². The number of benzene rings is 1. The number of aromatic nitrogens is 2. The lowest BCUT2D eigenvalue weighted by atomic mass is 10.1. The Morgan fingerprint density at radius 1 is 1.30 bits per heavy atom. The van der Waals surface area contributed by atoms with Crippen molar-refractivity contribution in [3.63, 3.8) is 0 Å². The molecule has 0 saturated carbocycles. The van der Waals surface area contributed by atoms with Gasteiger partial charge < -0.3 is 5.11 Å². The number of likely N-dealkylation sites (N-methyl/N-ethyl adjacent to an activating group) is 1. The fraction of sp³-hybridized carbons (Fsp3) is 0.400. The average molecular weight is 277 g/mol. The van der Waals surface area contributed by atoms with Crippen LogP contribution in [0, 0.1) is 5.82 Å². The van der Waals surface area contributed by atoms with Gasteiger partial charge in [0.05, 0.1) is 17.5 Å². The van der Waals surface area contributed by atoms with Gasteiger partial charge in [0.25, 0.3) is 0 Å². The van der Waals surface area contributed by atoms with Gasteiger partial charge in [-0.1, -0.05) is 0 Å². The molecule has 0 bridgehead atoms. The first kappa shape index (κ1) is 14.7. The van der Waals surface area contributed by atoms with Gasteiger partial charge in [-0.15, -0.1) is 0 Å². The van der Waals surface area contributed by atoms with Gasteiger partial charge in [0, 0.05) is 24.2 Å². The summed E-state index contributed by atoms with van der Waals surface area (Å²) in [6, 6.07) is 6.31. The largest absolute Gasteiger partial charge is 0.389 e. The Hall–Kier alpha value is -1.72. The van der Waals surface area contributed by atoms with Crippen LogP contribution in [-0.4, -0.2) is 39.4 Å². The molecule has 5 heteroatoms. The quantitative estimate of drug-likeness (QED) is 0.882. The minimum Gasteiger partial charge on any atom is -0.389 e. The van der Waals surface area contributed by atoms with Crippen LogP contribution in [0.3, 0.4) is 0 Å². The van der Waals surface area contributed by atoms with Crippen molar-refractivity contribution in [2.24, 2.45) is 0 Å². The first-order valence-electron chi connectivity index (χ1n) is 6.54. The van der Waals surface area contributed by atoms with Crippen LogP contribution in [0.25, 0.3) is 11.3 Å². The molecule has 4 nitrogen and oxygen atoms in total. The molecule has 0 fully saturated rings. The summed E-state index contributed by atoms with van der Waals surface area (Å²) in [7, 11) is 1.94. The highest BCUT2D eigenvalue weighted by molar-refractivity contribution is 5.62. The Kier molecular flexibility index (Phi) is 4.20. The zero-order valence-corrected chi connectivity index (χ0v) is 12.0. The van der Waals surface area contributed by atoms with Crippen molar-refractivity contribution in [3.05, 3.63) is 41.8 Å². The zero-order valence-electron chi connectivity index (χ0n) is 12.0. The monoisotopic (exact) mass is 277 g/mol. The number of hydrogen-bond donors (Lipinski definition) is 2. The van der Waals surface area contributed by atoms with Crippen LogP contribution in [0.5, 0.6) is 0 Å². The van der Waals surface area contributed by atoms with Gasteiger partial charge in [-0.25, -0.2) is 4.39 Å². The molecule has 0 aliphatic heterocycles. The Morgan fingerprint density at radius 2 is 1.95 bits per heavy atom. The highest BCUT2D eigenvalue weighted by Gasteiger charge is 2.17. The number of aromatic amines is 1. The van der Waals surface area contributed by atoms with Crippen LogP contribution >= 0.6 is 0 Å². The van der Waals surface area contributed by atoms with E-state index in [2.05, 4.69) is 10.2 Å². The first-order valence-corrected chi connectivity index (χ1v) is 6.54. The molecule has 108 valence electrons. The summed E-state index contributed by atoms with van der Waals surface area (Å²) >= 11 is 0. The maximum atomic E-state index is 13.0. The third-order valence-corrected chi connectivity index (χ3v) is 2.95. The van der Waals surface area contributed by atoms with Crippen LogP contribution in [-0.2, 0) is 6.54 Å². The van der Waals surface area contributed by atoms with E-state index < -0.39 is 5.60 Å². The Bertz CT molecular complexity index is 557. The molecule has 20 heavy (non-hydrogen) atoms. The molecule has 0 unspecified atom stereocenters. The minimum absolute atomic E-state index is 0.256. The van der Waals surface area contributed by atoms with Gasteiger partial charge in [-0.3, -0.25) is 10.00 Å². The van der Waals surface area contributed by atoms with Crippen molar-refractivity contribution in [3.8, 4) is 11.3 Å². The predicted octanol–water partition coefficient (Wildman–Crippen LogP) is 2.42. The van der Waals surface area contributed by atoms with Crippen LogP contribution < -0.4 is 0 Å². The highest BCUT2D eigenvalue weighted by atomic mass is 19.1. The molecule has 0 atom stereocenters. The third kappa shape index (κ3) is 3.88. The normalized spacial score (nSPS) is 12.1. The average Bonchev–Trinajstić information content (AvgIpc) is 2.75. The van der Waals surface area contributed by atoms with E-state index in [1.54, 1.807) is 32.2 Å². The van der Waals surface area contributed by atoms with Crippen LogP contribution in [0.4, 0.5) is 4.39 Å². The van der Waals surface area contributed by atoms with E-state index in [1.165, 1.54) is 12.1 Å². The van der Waals surface area contributed by atoms with Gasteiger partial charge in [-0.2, -0.15) is 5.10 Å². The zero-order chi connectivity index (χ0) is 14.8. The topological polar surface area (TPSA) is 52.2 Å². The lowest BCUT2D eigenvalue weighted by Crippen LogP contribution is -2.35. The maximum absolute atomic E-state index is 13.0. The molecule has 1 aromatic heterocycles. The molecule has 1 aromatic carbocycles. The number of aliphatic hydroxyl groups is 1. The molecule has 0 spiro atoms. The molecular formula is C15H20FN3O. The smallest absolute Gasteiger partial charge is 0.123 e. The SMILES string of the molecule is CN(Cc1cn[nH]c1-c1ccc(F)cc1)CC(C)(C)O. The second-order valence-electron chi connectivity index (χ2n) is 5.76. The fourth-order valence-corrected chi connectivity index (χ4v) is 2.30. The van der Waals surface area contributed by atoms with E-state index in [-0.39, 0.29) is 5.82 Å². The van der Waals surface area contributed by atoms with Gasteiger partial charge in [0.15, 0.2) is 0 Å². The summed E-state index contributed by atoms with van der Waals surface area (Å²) < 4.78 is 13.0. The maximum Gasteiger partial charge on any atom is 0.123 e. The third-order valence-electron chi connectivity index (χ3n) is 2.95. The Labute approximate surface area is 118 Å². The van der Waals surface area contributed by atoms with Crippen LogP contribution in [0.1, 0.15) is 19.4 Å². The summed E-state index contributed by atoms with van der Waals surface area (Å²) in [4.78, 5) is 2.03. The summed E-state index contributed by atoms with van der Waals surface area (Å²) in [5, 5.41) is 16.8. The summed E-state index contributed by atoms with van der Waals surface area (Å²) in [6.45, 7) is 4.77. The molecule has 0 aliphatic carbocycles. The number of nitrogens with zero attached hydrogens (tertiary/aromatic N) is 2. The van der Waals surface area contributed by atoms with Crippen LogP contribution in [0.2, 0.25) is 0 Å². The summed E-state index contributed by atoms with van der Waals surface area (Å²) in [5.41, 5.74) is 2.06. The molecule has 2 rings (SSSR count). The molecule has 0 saturated heterocycles. The van der Waals surface area contributed by atoms with Gasteiger partial charge in [0.2, 0.25) is 0 Å². The van der Waals surface area contributed by atoms with E-state index in [9.17, 15) is 9.50 Å². The molecular weight excluding hydrogens is 257 g/mol. The Morgan fingerprint density at radius 3 is 2.55 bits per heavy atom. The molecule has 1 heterocycles. The van der Waals surface area contributed by atoms with E-state index >= 15 is 0 Å². The van der Waals surface area contributed by atoms with Crippen molar-refractivity contribution in [2.45, 2.75) is 26.0 Å². The van der Waals surface area contributed by atoms with E-state index in [0.29, 0.717) is 13.1 Å². The standard InChI is InChI=1S/C15H20FN3O/c1-15(2,20)10-19(3)9-12-8-17-18-14(12)11-4-6-13(16)7-5-11/h4-8,20H,9-10H2,1-3H3,(H,17,18). The molecule has 0 amide bonds. The van der Waals surface area contributed by atoms with Gasteiger partial charge in [0.1, 0.15) is 5.82 Å². The number of rotatable bonds is 5. The molecule has 0 aliphatic rings. The van der Waals surface area contributed by atoms with E-state index in [0.717, 1.165) is 16.8 Å². The second kappa shape index (κ2) is 5.73. The van der Waals surface area contributed by atoms with E-state index in [4.69, 9.17) is 0 Å². The minimum atomic E-state index is -0.742. The Balaban J connectivity index is 2.15. The number of H-pyrrole nitrogens is 1. The molecule has 2 N–H and O–H groups in total. The van der Waals surface area contributed by atoms with Crippen molar-refractivity contribution in [1.29, 1.82) is 0 Å². The number of hydrogen-bond acceptors (Lipinski definition) is 3. The summed E-state index contributed by atoms with van der Waals surface area (Å²) in [6.07, 6.45) is 1.76. The molecule has 2 aromatic rings. The fourth-order valence-electron chi connectivity index (χ4n) is 2.30. The molecule has 0 radical (unpaired) electrons. The first-order chi connectivity index (χ1) is 9.35. The summed E-state index contributed by atoms with van der Waals surface area (Å²) in [5.74, 6) is -0.256. The van der Waals surface area contributed by atoms with E-state index in [1.807, 2.05) is 11.9 Å². The highest BCUT2D eigenvalue weighted by Crippen LogP contribution is 2.22. The van der Waals surface area contributed by atoms with Crippen molar-refractivity contribution in [1.82, 2.24) is 15.1 Å². The van der Waals surface area contributed by atoms with Crippen molar-refractivity contribution in [2.75, 3.05) is 13.6 Å². The number of halogens is 1. The van der Waals surface area contributed by atoms with Crippen molar-refractivity contribution >= 4 is 0 Å². The lowest BCUT2D eigenvalue weighted by Gasteiger charge is -2.25. The number of nitrogens with one attached hydrogen (secondary N) is 1. The van der Waals surface area contributed by atoms with Crippen LogP contribution in [0.15, 0.2) is 30.5 Å². The van der Waals surface area contributed by atoms with Crippen molar-refractivity contribution < 1.29 is 9.50 Å². The van der Waals surface area contributed by atoms with Gasteiger partial charge in [-0.05, 0) is 45.2 Å².